The molecule has 3 N–H and O–H groups in total. The molecule has 2 fully saturated rings. The third-order valence-electron chi connectivity index (χ3n) is 4.55. The molecule has 2 aliphatic rings. The van der Waals surface area contributed by atoms with E-state index in [-0.39, 0.29) is 42.5 Å². The molecule has 0 aromatic rings. The Morgan fingerprint density at radius 1 is 1.20 bits per heavy atom. The Labute approximate surface area is 162 Å². The molecule has 2 amide bonds. The minimum atomic E-state index is -0.429. The molecule has 7 nitrogen and oxygen atoms in total. The van der Waals surface area contributed by atoms with Gasteiger partial charge in [-0.15, -0.1) is 31.4 Å². The fourth-order valence-corrected chi connectivity index (χ4v) is 3.06. The molecule has 1 unspecified atom stereocenters. The van der Waals surface area contributed by atoms with E-state index in [4.69, 9.17) is 10.5 Å². The second-order valence-electron chi connectivity index (χ2n) is 6.17. The van der Waals surface area contributed by atoms with Gasteiger partial charge in [0.1, 0.15) is 0 Å². The van der Waals surface area contributed by atoms with Gasteiger partial charge in [0.2, 0.25) is 11.8 Å². The molecule has 0 aromatic heterocycles. The lowest BCUT2D eigenvalue weighted by atomic mass is 9.91. The van der Waals surface area contributed by atoms with E-state index in [1.54, 1.807) is 6.08 Å². The number of rotatable bonds is 6. The van der Waals surface area contributed by atoms with Crippen molar-refractivity contribution in [1.29, 1.82) is 0 Å². The quantitative estimate of drug-likeness (QED) is 0.618. The van der Waals surface area contributed by atoms with Crippen LogP contribution in [0.2, 0.25) is 0 Å². The first kappa shape index (κ1) is 24.1. The van der Waals surface area contributed by atoms with Crippen molar-refractivity contribution in [1.82, 2.24) is 15.1 Å². The zero-order valence-corrected chi connectivity index (χ0v) is 16.2. The summed E-state index contributed by atoms with van der Waals surface area (Å²) in [5, 5.41) is 2.76. The highest BCUT2D eigenvalue weighted by Crippen LogP contribution is 2.19. The Balaban J connectivity index is 0.00000288. The van der Waals surface area contributed by atoms with E-state index in [1.165, 1.54) is 0 Å². The monoisotopic (exact) mass is 396 g/mol. The van der Waals surface area contributed by atoms with Gasteiger partial charge in [0.25, 0.3) is 0 Å². The third-order valence-corrected chi connectivity index (χ3v) is 4.55. The molecule has 0 aromatic carbocycles. The zero-order chi connectivity index (χ0) is 16.7. The topological polar surface area (TPSA) is 87.9 Å². The Hall–Kier alpha value is -0.860. The van der Waals surface area contributed by atoms with Crippen molar-refractivity contribution in [3.05, 3.63) is 12.7 Å². The van der Waals surface area contributed by atoms with Crippen molar-refractivity contribution >= 4 is 36.6 Å². The van der Waals surface area contributed by atoms with Gasteiger partial charge in [-0.3, -0.25) is 14.5 Å². The number of amides is 2. The van der Waals surface area contributed by atoms with Crippen molar-refractivity contribution in [2.24, 2.45) is 11.7 Å². The van der Waals surface area contributed by atoms with E-state index in [0.717, 1.165) is 12.8 Å². The lowest BCUT2D eigenvalue weighted by Crippen LogP contribution is -2.56. The number of carbonyl (C=O) groups is 2. The average molecular weight is 397 g/mol. The van der Waals surface area contributed by atoms with Gasteiger partial charge in [-0.25, -0.2) is 0 Å². The van der Waals surface area contributed by atoms with Crippen LogP contribution in [0.3, 0.4) is 0 Å². The van der Waals surface area contributed by atoms with Crippen LogP contribution in [0.1, 0.15) is 12.8 Å². The zero-order valence-electron chi connectivity index (χ0n) is 14.5. The van der Waals surface area contributed by atoms with E-state index in [9.17, 15) is 9.59 Å². The van der Waals surface area contributed by atoms with Gasteiger partial charge in [0, 0.05) is 45.9 Å². The van der Waals surface area contributed by atoms with Crippen LogP contribution in [0.5, 0.6) is 0 Å². The Kier molecular flexibility index (Phi) is 12.1. The number of hydrogen-bond acceptors (Lipinski definition) is 5. The first-order valence-corrected chi connectivity index (χ1v) is 8.34. The molecule has 0 saturated carbocycles. The van der Waals surface area contributed by atoms with Crippen molar-refractivity contribution in [2.45, 2.75) is 18.9 Å². The summed E-state index contributed by atoms with van der Waals surface area (Å²) in [6.45, 7) is 8.47. The molecule has 1 atom stereocenters. The maximum atomic E-state index is 12.5. The van der Waals surface area contributed by atoms with Gasteiger partial charge < -0.3 is 20.7 Å². The largest absolute Gasteiger partial charge is 0.381 e. The lowest BCUT2D eigenvalue weighted by molar-refractivity contribution is -0.136. The van der Waals surface area contributed by atoms with E-state index < -0.39 is 6.04 Å². The molecule has 0 bridgehead atoms. The van der Waals surface area contributed by atoms with Gasteiger partial charge in [0.05, 0.1) is 12.6 Å². The molecule has 0 spiro atoms. The minimum absolute atomic E-state index is 0. The van der Waals surface area contributed by atoms with Crippen molar-refractivity contribution in [2.75, 3.05) is 52.5 Å². The number of nitrogens with two attached hydrogens (primary N) is 1. The average Bonchev–Trinajstić information content (AvgIpc) is 2.60. The molecule has 25 heavy (non-hydrogen) atoms. The maximum Gasteiger partial charge on any atom is 0.239 e. The van der Waals surface area contributed by atoms with Gasteiger partial charge in [-0.2, -0.15) is 0 Å². The van der Waals surface area contributed by atoms with Crippen LogP contribution in [0.25, 0.3) is 0 Å². The fourth-order valence-electron chi connectivity index (χ4n) is 3.06. The molecule has 2 saturated heterocycles. The van der Waals surface area contributed by atoms with Crippen LogP contribution in [-0.2, 0) is 14.3 Å². The predicted molar refractivity (Wildman–Crippen MR) is 102 cm³/mol. The standard InChI is InChI=1S/C16H28N4O3.2ClH/c1-2-5-18-14(21)12-19-6-8-20(9-7-19)16(22)15(17)13-3-10-23-11-4-13;;/h2,13,15H,1,3-12,17H2,(H,18,21);2*1H. The molecular weight excluding hydrogens is 367 g/mol. The summed E-state index contributed by atoms with van der Waals surface area (Å²) >= 11 is 0. The Morgan fingerprint density at radius 2 is 1.80 bits per heavy atom. The van der Waals surface area contributed by atoms with E-state index in [2.05, 4.69) is 16.8 Å². The van der Waals surface area contributed by atoms with Crippen LogP contribution in [0, 0.1) is 5.92 Å². The number of nitrogens with zero attached hydrogens (tertiary/aromatic N) is 2. The Bertz CT molecular complexity index is 426. The highest BCUT2D eigenvalue weighted by molar-refractivity contribution is 5.85. The number of carbonyl (C=O) groups excluding carboxylic acids is 2. The van der Waals surface area contributed by atoms with Crippen LogP contribution in [-0.4, -0.2) is 80.1 Å². The summed E-state index contributed by atoms with van der Waals surface area (Å²) in [7, 11) is 0. The highest BCUT2D eigenvalue weighted by Gasteiger charge is 2.31. The molecule has 2 rings (SSSR count). The van der Waals surface area contributed by atoms with E-state index >= 15 is 0 Å². The van der Waals surface area contributed by atoms with E-state index in [1.807, 2.05) is 4.90 Å². The summed E-state index contributed by atoms with van der Waals surface area (Å²) in [4.78, 5) is 28.1. The summed E-state index contributed by atoms with van der Waals surface area (Å²) in [5.74, 6) is 0.246. The smallest absolute Gasteiger partial charge is 0.239 e. The SMILES string of the molecule is C=CCNC(=O)CN1CCN(C(=O)C(N)C2CCOCC2)CC1.Cl.Cl. The molecule has 2 heterocycles. The van der Waals surface area contributed by atoms with Gasteiger partial charge >= 0.3 is 0 Å². The summed E-state index contributed by atoms with van der Waals surface area (Å²) in [6, 6.07) is -0.429. The van der Waals surface area contributed by atoms with Crippen molar-refractivity contribution in [3.8, 4) is 0 Å². The number of hydrogen-bond donors (Lipinski definition) is 2. The minimum Gasteiger partial charge on any atom is -0.381 e. The maximum absolute atomic E-state index is 12.5. The third kappa shape index (κ3) is 7.50. The normalized spacial score (nSPS) is 20.0. The first-order chi connectivity index (χ1) is 11.1. The molecule has 146 valence electrons. The van der Waals surface area contributed by atoms with Crippen LogP contribution < -0.4 is 11.1 Å². The van der Waals surface area contributed by atoms with Crippen LogP contribution >= 0.6 is 24.8 Å². The Morgan fingerprint density at radius 3 is 2.36 bits per heavy atom. The molecule has 0 aliphatic carbocycles. The number of halogens is 2. The van der Waals surface area contributed by atoms with Gasteiger partial charge in [-0.05, 0) is 18.8 Å². The summed E-state index contributed by atoms with van der Waals surface area (Å²) in [6.07, 6.45) is 3.37. The fraction of sp³-hybridized carbons (Fsp3) is 0.750. The lowest BCUT2D eigenvalue weighted by Gasteiger charge is -2.37. The summed E-state index contributed by atoms with van der Waals surface area (Å²) in [5.41, 5.74) is 6.16. The first-order valence-electron chi connectivity index (χ1n) is 8.34. The second-order valence-corrected chi connectivity index (χ2v) is 6.17. The van der Waals surface area contributed by atoms with Gasteiger partial charge in [-0.1, -0.05) is 6.08 Å². The van der Waals surface area contributed by atoms with Crippen LogP contribution in [0.4, 0.5) is 0 Å². The number of piperazine rings is 1. The highest BCUT2D eigenvalue weighted by atomic mass is 35.5. The second kappa shape index (κ2) is 12.5. The van der Waals surface area contributed by atoms with Gasteiger partial charge in [0.15, 0.2) is 0 Å². The molecule has 2 aliphatic heterocycles. The molecule has 0 radical (unpaired) electrons. The van der Waals surface area contributed by atoms with E-state index in [0.29, 0.717) is 52.5 Å². The van der Waals surface area contributed by atoms with Crippen molar-refractivity contribution < 1.29 is 14.3 Å². The number of ether oxygens (including phenoxy) is 1. The van der Waals surface area contributed by atoms with Crippen LogP contribution in [0.15, 0.2) is 12.7 Å². The number of nitrogens with one attached hydrogen (secondary N) is 1. The summed E-state index contributed by atoms with van der Waals surface area (Å²) < 4.78 is 5.32. The predicted octanol–water partition coefficient (Wildman–Crippen LogP) is 0.0303. The van der Waals surface area contributed by atoms with Crippen molar-refractivity contribution in [3.63, 3.8) is 0 Å². The molecule has 9 heteroatoms. The molecular formula is C16H30Cl2N4O3.